The predicted molar refractivity (Wildman–Crippen MR) is 64.5 cm³/mol. The van der Waals surface area contributed by atoms with Crippen LogP contribution in [0.4, 0.5) is 4.79 Å². The quantitative estimate of drug-likeness (QED) is 0.598. The summed E-state index contributed by atoms with van der Waals surface area (Å²) in [5.41, 5.74) is 5.70. The summed E-state index contributed by atoms with van der Waals surface area (Å²) in [7, 11) is -3.89. The molecule has 0 aromatic carbocycles. The summed E-state index contributed by atoms with van der Waals surface area (Å²) in [6.45, 7) is 5.75. The summed E-state index contributed by atoms with van der Waals surface area (Å²) in [6, 6.07) is -0.284. The van der Waals surface area contributed by atoms with Gasteiger partial charge in [-0.15, -0.1) is 0 Å². The molecule has 0 radical (unpaired) electrons. The number of carbonyl (C=O) groups is 1. The Bertz CT molecular complexity index is 329. The molecule has 0 rings (SSSR count). The van der Waals surface area contributed by atoms with E-state index in [4.69, 9.17) is 5.73 Å². The van der Waals surface area contributed by atoms with Crippen LogP contribution < -0.4 is 15.2 Å². The van der Waals surface area contributed by atoms with Crippen molar-refractivity contribution in [2.45, 2.75) is 33.2 Å². The lowest BCUT2D eigenvalue weighted by Gasteiger charge is -2.15. The molecular formula is C9H21N3O4S. The van der Waals surface area contributed by atoms with Crippen LogP contribution >= 0.6 is 0 Å². The van der Waals surface area contributed by atoms with Gasteiger partial charge in [0.05, 0.1) is 6.61 Å². The van der Waals surface area contributed by atoms with Crippen molar-refractivity contribution in [3.63, 3.8) is 0 Å². The largest absolute Gasteiger partial charge is 0.449 e. The zero-order valence-electron chi connectivity index (χ0n) is 10.4. The van der Waals surface area contributed by atoms with Gasteiger partial charge in [0, 0.05) is 12.6 Å². The van der Waals surface area contributed by atoms with E-state index in [1.807, 2.05) is 13.8 Å². The molecule has 1 atom stereocenters. The molecule has 0 heterocycles. The Morgan fingerprint density at radius 1 is 1.41 bits per heavy atom. The van der Waals surface area contributed by atoms with Crippen molar-refractivity contribution in [3.8, 4) is 0 Å². The Balaban J connectivity index is 4.05. The van der Waals surface area contributed by atoms with Crippen LogP contribution in [0.5, 0.6) is 0 Å². The second-order valence-electron chi connectivity index (χ2n) is 4.06. The smallest absolute Gasteiger partial charge is 0.421 e. The number of hydrogen-bond acceptors (Lipinski definition) is 5. The van der Waals surface area contributed by atoms with E-state index in [0.717, 1.165) is 0 Å². The highest BCUT2D eigenvalue weighted by atomic mass is 32.2. The number of amides is 1. The van der Waals surface area contributed by atoms with Crippen molar-refractivity contribution in [1.29, 1.82) is 0 Å². The summed E-state index contributed by atoms with van der Waals surface area (Å²) in [4.78, 5) is 10.9. The molecule has 0 aromatic rings. The molecule has 0 fully saturated rings. The Kier molecular flexibility index (Phi) is 7.09. The normalized spacial score (nSPS) is 13.5. The highest BCUT2D eigenvalue weighted by Crippen LogP contribution is 2.01. The molecule has 1 unspecified atom stereocenters. The molecule has 0 aliphatic carbocycles. The Hall–Kier alpha value is -0.860. The maximum Gasteiger partial charge on any atom is 0.421 e. The SMILES string of the molecule is CCOC(=O)NS(=O)(=O)NCC(N)CC(C)C. The van der Waals surface area contributed by atoms with Gasteiger partial charge in [-0.1, -0.05) is 13.8 Å². The van der Waals surface area contributed by atoms with Crippen LogP contribution in [0.3, 0.4) is 0 Å². The van der Waals surface area contributed by atoms with E-state index in [-0.39, 0.29) is 19.2 Å². The van der Waals surface area contributed by atoms with E-state index in [0.29, 0.717) is 12.3 Å². The zero-order valence-corrected chi connectivity index (χ0v) is 11.2. The van der Waals surface area contributed by atoms with E-state index in [1.165, 1.54) is 0 Å². The van der Waals surface area contributed by atoms with Gasteiger partial charge in [-0.2, -0.15) is 13.1 Å². The first-order chi connectivity index (χ1) is 7.76. The average Bonchev–Trinajstić information content (AvgIpc) is 2.13. The molecule has 0 spiro atoms. The van der Waals surface area contributed by atoms with Gasteiger partial charge in [-0.05, 0) is 19.3 Å². The van der Waals surface area contributed by atoms with Gasteiger partial charge >= 0.3 is 16.3 Å². The van der Waals surface area contributed by atoms with Crippen molar-refractivity contribution in [3.05, 3.63) is 0 Å². The van der Waals surface area contributed by atoms with E-state index < -0.39 is 16.3 Å². The average molecular weight is 267 g/mol. The van der Waals surface area contributed by atoms with Gasteiger partial charge in [-0.3, -0.25) is 0 Å². The monoisotopic (exact) mass is 267 g/mol. The summed E-state index contributed by atoms with van der Waals surface area (Å²) in [6.07, 6.45) is -0.306. The maximum absolute atomic E-state index is 11.3. The van der Waals surface area contributed by atoms with Crippen LogP contribution in [0, 0.1) is 5.92 Å². The summed E-state index contributed by atoms with van der Waals surface area (Å²) in [5, 5.41) is 0. The Morgan fingerprint density at radius 2 is 2.00 bits per heavy atom. The lowest BCUT2D eigenvalue weighted by Crippen LogP contribution is -2.45. The standard InChI is InChI=1S/C9H21N3O4S/c1-4-16-9(13)12-17(14,15)11-6-8(10)5-7(2)3/h7-8,11H,4-6,10H2,1-3H3,(H,12,13). The molecule has 0 aliphatic rings. The zero-order chi connectivity index (χ0) is 13.5. The highest BCUT2D eigenvalue weighted by molar-refractivity contribution is 7.88. The highest BCUT2D eigenvalue weighted by Gasteiger charge is 2.16. The minimum Gasteiger partial charge on any atom is -0.449 e. The second kappa shape index (κ2) is 7.46. The fourth-order valence-corrected chi connectivity index (χ4v) is 2.00. The summed E-state index contributed by atoms with van der Waals surface area (Å²) < 4.78 is 31.0. The first-order valence-corrected chi connectivity index (χ1v) is 6.95. The van der Waals surface area contributed by atoms with Crippen molar-refractivity contribution in [2.24, 2.45) is 11.7 Å². The van der Waals surface area contributed by atoms with E-state index in [9.17, 15) is 13.2 Å². The topological polar surface area (TPSA) is 111 Å². The van der Waals surface area contributed by atoms with Crippen LogP contribution in [0.1, 0.15) is 27.2 Å². The van der Waals surface area contributed by atoms with Crippen LogP contribution in [0.15, 0.2) is 0 Å². The molecular weight excluding hydrogens is 246 g/mol. The van der Waals surface area contributed by atoms with Crippen LogP contribution in [0.25, 0.3) is 0 Å². The Morgan fingerprint density at radius 3 is 2.47 bits per heavy atom. The van der Waals surface area contributed by atoms with E-state index in [1.54, 1.807) is 11.6 Å². The first-order valence-electron chi connectivity index (χ1n) is 5.46. The fourth-order valence-electron chi connectivity index (χ4n) is 1.21. The summed E-state index contributed by atoms with van der Waals surface area (Å²) >= 11 is 0. The Labute approximate surface area is 102 Å². The van der Waals surface area contributed by atoms with Crippen LogP contribution in [-0.4, -0.2) is 33.7 Å². The number of nitrogens with two attached hydrogens (primary N) is 1. The van der Waals surface area contributed by atoms with Gasteiger partial charge in [0.1, 0.15) is 0 Å². The minimum absolute atomic E-state index is 0.0763. The van der Waals surface area contributed by atoms with Gasteiger partial charge < -0.3 is 10.5 Å². The van der Waals surface area contributed by atoms with Crippen LogP contribution in [-0.2, 0) is 14.9 Å². The molecule has 17 heavy (non-hydrogen) atoms. The molecule has 0 bridgehead atoms. The third-order valence-corrected chi connectivity index (χ3v) is 2.78. The third kappa shape index (κ3) is 8.90. The van der Waals surface area contributed by atoms with Crippen LogP contribution in [0.2, 0.25) is 0 Å². The van der Waals surface area contributed by atoms with E-state index in [2.05, 4.69) is 9.46 Å². The molecule has 0 saturated heterocycles. The maximum atomic E-state index is 11.3. The number of ether oxygens (including phenoxy) is 1. The fraction of sp³-hybridized carbons (Fsp3) is 0.889. The number of carbonyl (C=O) groups excluding carboxylic acids is 1. The van der Waals surface area contributed by atoms with Gasteiger partial charge in [0.15, 0.2) is 0 Å². The number of hydrogen-bond donors (Lipinski definition) is 3. The van der Waals surface area contributed by atoms with Crippen molar-refractivity contribution in [2.75, 3.05) is 13.2 Å². The second-order valence-corrected chi connectivity index (χ2v) is 5.56. The molecule has 102 valence electrons. The van der Waals surface area contributed by atoms with E-state index >= 15 is 0 Å². The number of rotatable bonds is 7. The molecule has 0 aromatic heterocycles. The third-order valence-electron chi connectivity index (χ3n) is 1.80. The predicted octanol–water partition coefficient (Wildman–Crippen LogP) is -0.0597. The van der Waals surface area contributed by atoms with Gasteiger partial charge in [0.25, 0.3) is 0 Å². The molecule has 4 N–H and O–H groups in total. The molecule has 0 saturated carbocycles. The molecule has 0 aliphatic heterocycles. The first kappa shape index (κ1) is 16.1. The van der Waals surface area contributed by atoms with Crippen molar-refractivity contribution >= 4 is 16.3 Å². The van der Waals surface area contributed by atoms with Gasteiger partial charge in [0.2, 0.25) is 0 Å². The van der Waals surface area contributed by atoms with Crippen molar-refractivity contribution in [1.82, 2.24) is 9.44 Å². The molecule has 1 amide bonds. The lowest BCUT2D eigenvalue weighted by atomic mass is 10.1. The molecule has 8 heteroatoms. The minimum atomic E-state index is -3.89. The molecule has 7 nitrogen and oxygen atoms in total. The van der Waals surface area contributed by atoms with Gasteiger partial charge in [-0.25, -0.2) is 9.52 Å². The summed E-state index contributed by atoms with van der Waals surface area (Å²) in [5.74, 6) is 0.382. The van der Waals surface area contributed by atoms with Crippen molar-refractivity contribution < 1.29 is 17.9 Å². The number of nitrogens with one attached hydrogen (secondary N) is 2. The lowest BCUT2D eigenvalue weighted by molar-refractivity contribution is 0.158.